The first-order valence-corrected chi connectivity index (χ1v) is 9.17. The molecule has 0 spiro atoms. The number of methoxy groups -OCH3 is 1. The van der Waals surface area contributed by atoms with Crippen molar-refractivity contribution in [3.05, 3.63) is 29.8 Å². The van der Waals surface area contributed by atoms with Crippen molar-refractivity contribution in [1.29, 1.82) is 0 Å². The molecule has 0 radical (unpaired) electrons. The van der Waals surface area contributed by atoms with Crippen molar-refractivity contribution < 1.29 is 17.9 Å². The summed E-state index contributed by atoms with van der Waals surface area (Å²) in [5.41, 5.74) is 0.984. The third-order valence-electron chi connectivity index (χ3n) is 3.80. The van der Waals surface area contributed by atoms with Gasteiger partial charge in [0.25, 0.3) is 0 Å². The Morgan fingerprint density at radius 2 is 2.05 bits per heavy atom. The van der Waals surface area contributed by atoms with Crippen LogP contribution in [0, 0.1) is 0 Å². The highest BCUT2D eigenvalue weighted by Gasteiger charge is 2.29. The lowest BCUT2D eigenvalue weighted by molar-refractivity contribution is 0.233. The van der Waals surface area contributed by atoms with Gasteiger partial charge in [-0.05, 0) is 30.5 Å². The predicted octanol–water partition coefficient (Wildman–Crippen LogP) is 1.63. The number of sulfone groups is 1. The smallest absolute Gasteiger partial charge is 0.315 e. The van der Waals surface area contributed by atoms with E-state index in [1.807, 2.05) is 31.2 Å². The van der Waals surface area contributed by atoms with E-state index in [0.717, 1.165) is 17.7 Å². The molecule has 22 heavy (non-hydrogen) atoms. The van der Waals surface area contributed by atoms with Crippen LogP contribution < -0.4 is 15.4 Å². The molecule has 1 aromatic carbocycles. The Balaban J connectivity index is 1.93. The van der Waals surface area contributed by atoms with Gasteiger partial charge in [0.15, 0.2) is 9.84 Å². The second-order valence-corrected chi connectivity index (χ2v) is 7.68. The molecule has 2 rings (SSSR count). The highest BCUT2D eigenvalue weighted by atomic mass is 32.2. The standard InChI is InChI=1S/C15H22N2O4S/c1-3-14(11-4-6-13(21-2)7-5-11)17-15(18)16-12-8-9-22(19,20)10-12/h4-7,12,14H,3,8-10H2,1-2H3,(H2,16,17,18)/t12-,14+/m0/s1. The molecule has 2 atom stereocenters. The zero-order chi connectivity index (χ0) is 16.2. The summed E-state index contributed by atoms with van der Waals surface area (Å²) in [6.07, 6.45) is 1.22. The third-order valence-corrected chi connectivity index (χ3v) is 5.57. The van der Waals surface area contributed by atoms with Crippen molar-refractivity contribution in [3.63, 3.8) is 0 Å². The number of amides is 2. The van der Waals surface area contributed by atoms with Gasteiger partial charge in [-0.2, -0.15) is 0 Å². The van der Waals surface area contributed by atoms with Gasteiger partial charge in [0.1, 0.15) is 5.75 Å². The summed E-state index contributed by atoms with van der Waals surface area (Å²) in [6, 6.07) is 6.77. The quantitative estimate of drug-likeness (QED) is 0.861. The number of rotatable bonds is 5. The van der Waals surface area contributed by atoms with E-state index in [0.29, 0.717) is 6.42 Å². The van der Waals surface area contributed by atoms with E-state index < -0.39 is 9.84 Å². The van der Waals surface area contributed by atoms with Gasteiger partial charge < -0.3 is 15.4 Å². The molecule has 0 aliphatic carbocycles. The number of hydrogen-bond acceptors (Lipinski definition) is 4. The average molecular weight is 326 g/mol. The highest BCUT2D eigenvalue weighted by molar-refractivity contribution is 7.91. The fraction of sp³-hybridized carbons (Fsp3) is 0.533. The van der Waals surface area contributed by atoms with Crippen LogP contribution in [0.2, 0.25) is 0 Å². The lowest BCUT2D eigenvalue weighted by atomic mass is 10.0. The van der Waals surface area contributed by atoms with E-state index in [-0.39, 0.29) is 29.6 Å². The Morgan fingerprint density at radius 1 is 1.36 bits per heavy atom. The molecule has 0 aromatic heterocycles. The van der Waals surface area contributed by atoms with Crippen LogP contribution in [0.4, 0.5) is 4.79 Å². The number of nitrogens with one attached hydrogen (secondary N) is 2. The molecule has 2 N–H and O–H groups in total. The number of hydrogen-bond donors (Lipinski definition) is 2. The van der Waals surface area contributed by atoms with Crippen LogP contribution in [0.15, 0.2) is 24.3 Å². The van der Waals surface area contributed by atoms with Crippen LogP contribution in [0.5, 0.6) is 5.75 Å². The lowest BCUT2D eigenvalue weighted by Gasteiger charge is -2.20. The molecule has 1 saturated heterocycles. The van der Waals surface area contributed by atoms with Crippen molar-refractivity contribution in [2.75, 3.05) is 18.6 Å². The fourth-order valence-electron chi connectivity index (χ4n) is 2.55. The van der Waals surface area contributed by atoms with E-state index in [1.165, 1.54) is 0 Å². The minimum absolute atomic E-state index is 0.0275. The Bertz CT molecular complexity index is 613. The second kappa shape index (κ2) is 7.00. The minimum Gasteiger partial charge on any atom is -0.497 e. The Labute approximate surface area is 131 Å². The fourth-order valence-corrected chi connectivity index (χ4v) is 4.22. The molecule has 1 heterocycles. The van der Waals surface area contributed by atoms with E-state index in [1.54, 1.807) is 7.11 Å². The Morgan fingerprint density at radius 3 is 2.55 bits per heavy atom. The van der Waals surface area contributed by atoms with E-state index in [4.69, 9.17) is 4.74 Å². The van der Waals surface area contributed by atoms with Gasteiger partial charge in [-0.3, -0.25) is 0 Å². The monoisotopic (exact) mass is 326 g/mol. The number of ether oxygens (including phenoxy) is 1. The molecule has 7 heteroatoms. The van der Waals surface area contributed by atoms with Crippen LogP contribution in [0.25, 0.3) is 0 Å². The molecule has 2 amide bonds. The van der Waals surface area contributed by atoms with Gasteiger partial charge >= 0.3 is 6.03 Å². The normalized spacial score (nSPS) is 21.1. The van der Waals surface area contributed by atoms with Crippen molar-refractivity contribution in [3.8, 4) is 5.75 Å². The maximum Gasteiger partial charge on any atom is 0.315 e. The molecule has 6 nitrogen and oxygen atoms in total. The van der Waals surface area contributed by atoms with Crippen LogP contribution >= 0.6 is 0 Å². The molecule has 1 aliphatic rings. The zero-order valence-corrected chi connectivity index (χ0v) is 13.7. The minimum atomic E-state index is -2.99. The first-order chi connectivity index (χ1) is 10.4. The van der Waals surface area contributed by atoms with E-state index in [2.05, 4.69) is 10.6 Å². The largest absolute Gasteiger partial charge is 0.497 e. The van der Waals surface area contributed by atoms with Gasteiger partial charge in [-0.1, -0.05) is 19.1 Å². The summed E-state index contributed by atoms with van der Waals surface area (Å²) in [4.78, 5) is 12.0. The van der Waals surface area contributed by atoms with Gasteiger partial charge in [-0.25, -0.2) is 13.2 Å². The summed E-state index contributed by atoms with van der Waals surface area (Å²) in [6.45, 7) is 1.98. The van der Waals surface area contributed by atoms with Crippen LogP contribution in [-0.4, -0.2) is 39.1 Å². The second-order valence-electron chi connectivity index (χ2n) is 5.45. The first kappa shape index (κ1) is 16.6. The van der Waals surface area contributed by atoms with Gasteiger partial charge in [0, 0.05) is 6.04 Å². The summed E-state index contributed by atoms with van der Waals surface area (Å²) < 4.78 is 27.9. The topological polar surface area (TPSA) is 84.5 Å². The Hall–Kier alpha value is -1.76. The summed E-state index contributed by atoms with van der Waals surface area (Å²) >= 11 is 0. The molecule has 1 aliphatic heterocycles. The lowest BCUT2D eigenvalue weighted by Crippen LogP contribution is -2.43. The van der Waals surface area contributed by atoms with Crippen LogP contribution in [0.1, 0.15) is 31.4 Å². The maximum atomic E-state index is 12.0. The maximum absolute atomic E-state index is 12.0. The third kappa shape index (κ3) is 4.37. The zero-order valence-electron chi connectivity index (χ0n) is 12.8. The average Bonchev–Trinajstić information content (AvgIpc) is 2.83. The highest BCUT2D eigenvalue weighted by Crippen LogP contribution is 2.20. The van der Waals surface area contributed by atoms with Gasteiger partial charge in [-0.15, -0.1) is 0 Å². The Kier molecular flexibility index (Phi) is 5.28. The predicted molar refractivity (Wildman–Crippen MR) is 84.8 cm³/mol. The first-order valence-electron chi connectivity index (χ1n) is 7.35. The van der Waals surface area contributed by atoms with Crippen LogP contribution in [-0.2, 0) is 9.84 Å². The summed E-state index contributed by atoms with van der Waals surface area (Å²) in [7, 11) is -1.39. The van der Waals surface area contributed by atoms with Gasteiger partial charge in [0.2, 0.25) is 0 Å². The van der Waals surface area contributed by atoms with Crippen LogP contribution in [0.3, 0.4) is 0 Å². The van der Waals surface area contributed by atoms with Crippen molar-refractivity contribution in [2.24, 2.45) is 0 Å². The van der Waals surface area contributed by atoms with Crippen molar-refractivity contribution >= 4 is 15.9 Å². The van der Waals surface area contributed by atoms with Crippen molar-refractivity contribution in [1.82, 2.24) is 10.6 Å². The molecular weight excluding hydrogens is 304 g/mol. The van der Waals surface area contributed by atoms with Crippen molar-refractivity contribution in [2.45, 2.75) is 31.8 Å². The summed E-state index contributed by atoms with van der Waals surface area (Å²) in [5, 5.41) is 5.63. The molecule has 0 saturated carbocycles. The van der Waals surface area contributed by atoms with E-state index >= 15 is 0 Å². The summed E-state index contributed by atoms with van der Waals surface area (Å²) in [5.74, 6) is 0.937. The number of urea groups is 1. The molecule has 1 aromatic rings. The number of carbonyl (C=O) groups excluding carboxylic acids is 1. The molecule has 0 unspecified atom stereocenters. The number of carbonyl (C=O) groups is 1. The molecular formula is C15H22N2O4S. The van der Waals surface area contributed by atoms with E-state index in [9.17, 15) is 13.2 Å². The molecule has 0 bridgehead atoms. The number of benzene rings is 1. The van der Waals surface area contributed by atoms with Gasteiger partial charge in [0.05, 0.1) is 24.7 Å². The molecule has 122 valence electrons. The molecule has 1 fully saturated rings. The SMILES string of the molecule is CC[C@@H](NC(=O)N[C@H]1CCS(=O)(=O)C1)c1ccc(OC)cc1.